The zero-order valence-electron chi connectivity index (χ0n) is 8.63. The minimum absolute atomic E-state index is 0.0616. The van der Waals surface area contributed by atoms with E-state index in [9.17, 15) is 4.79 Å². The van der Waals surface area contributed by atoms with E-state index in [4.69, 9.17) is 11.5 Å². The lowest BCUT2D eigenvalue weighted by molar-refractivity contribution is 0.101. The molecular weight excluding hydrogens is 176 g/mol. The highest BCUT2D eigenvalue weighted by atomic mass is 16.1. The van der Waals surface area contributed by atoms with Gasteiger partial charge in [0.1, 0.15) is 0 Å². The molecule has 0 heterocycles. The van der Waals surface area contributed by atoms with Crippen molar-refractivity contribution >= 4 is 5.78 Å². The Balaban J connectivity index is 3.34. The largest absolute Gasteiger partial charge is 0.326 e. The summed E-state index contributed by atoms with van der Waals surface area (Å²) in [7, 11) is 0. The topological polar surface area (TPSA) is 69.1 Å². The van der Waals surface area contributed by atoms with Crippen molar-refractivity contribution in [1.82, 2.24) is 0 Å². The van der Waals surface area contributed by atoms with Crippen molar-refractivity contribution < 1.29 is 4.79 Å². The van der Waals surface area contributed by atoms with Gasteiger partial charge < -0.3 is 11.5 Å². The Morgan fingerprint density at radius 2 is 1.93 bits per heavy atom. The van der Waals surface area contributed by atoms with Crippen LogP contribution in [-0.4, -0.2) is 5.78 Å². The van der Waals surface area contributed by atoms with Gasteiger partial charge in [-0.3, -0.25) is 4.79 Å². The molecule has 14 heavy (non-hydrogen) atoms. The van der Waals surface area contributed by atoms with Crippen LogP contribution >= 0.6 is 0 Å². The second-order valence-corrected chi connectivity index (χ2v) is 3.41. The van der Waals surface area contributed by atoms with Gasteiger partial charge in [0.15, 0.2) is 5.78 Å². The summed E-state index contributed by atoms with van der Waals surface area (Å²) < 4.78 is 0. The van der Waals surface area contributed by atoms with Crippen LogP contribution in [0.1, 0.15) is 34.0 Å². The molecule has 0 aliphatic carbocycles. The van der Waals surface area contributed by atoms with Gasteiger partial charge in [0.05, 0.1) is 0 Å². The number of ketones is 1. The van der Waals surface area contributed by atoms with Crippen molar-refractivity contribution in [3.05, 3.63) is 34.4 Å². The number of carbonyl (C=O) groups is 1. The molecule has 1 aromatic carbocycles. The van der Waals surface area contributed by atoms with Crippen LogP contribution in [0.5, 0.6) is 0 Å². The number of nitrogens with two attached hydrogens (primary N) is 2. The van der Waals surface area contributed by atoms with Gasteiger partial charge in [-0.05, 0) is 30.5 Å². The van der Waals surface area contributed by atoms with Gasteiger partial charge in [0.25, 0.3) is 0 Å². The van der Waals surface area contributed by atoms with E-state index in [-0.39, 0.29) is 5.78 Å². The van der Waals surface area contributed by atoms with Crippen LogP contribution in [0, 0.1) is 6.92 Å². The second kappa shape index (κ2) is 4.35. The maximum absolute atomic E-state index is 11.4. The van der Waals surface area contributed by atoms with Crippen molar-refractivity contribution in [2.24, 2.45) is 11.5 Å². The third kappa shape index (κ3) is 2.00. The van der Waals surface area contributed by atoms with Gasteiger partial charge >= 0.3 is 0 Å². The quantitative estimate of drug-likeness (QED) is 0.705. The number of benzene rings is 1. The van der Waals surface area contributed by atoms with Crippen molar-refractivity contribution in [2.75, 3.05) is 0 Å². The molecule has 4 N–H and O–H groups in total. The van der Waals surface area contributed by atoms with Crippen molar-refractivity contribution in [2.45, 2.75) is 26.9 Å². The standard InChI is InChI=1S/C11H16N2O/c1-7-3-9(5-12)4-10(6-13)11(7)8(2)14/h3-4H,5-6,12-13H2,1-2H3. The zero-order valence-corrected chi connectivity index (χ0v) is 8.63. The normalized spacial score (nSPS) is 10.3. The van der Waals surface area contributed by atoms with E-state index in [1.807, 2.05) is 19.1 Å². The fraction of sp³-hybridized carbons (Fsp3) is 0.364. The Hall–Kier alpha value is -1.19. The van der Waals surface area contributed by atoms with E-state index in [1.165, 1.54) is 0 Å². The third-order valence-electron chi connectivity index (χ3n) is 2.28. The molecule has 3 heteroatoms. The Morgan fingerprint density at radius 1 is 1.29 bits per heavy atom. The van der Waals surface area contributed by atoms with Crippen LogP contribution in [-0.2, 0) is 13.1 Å². The van der Waals surface area contributed by atoms with Crippen LogP contribution in [0.15, 0.2) is 12.1 Å². The molecule has 1 rings (SSSR count). The fourth-order valence-corrected chi connectivity index (χ4v) is 1.72. The Kier molecular flexibility index (Phi) is 3.38. The Bertz CT molecular complexity index is 359. The number of aryl methyl sites for hydroxylation is 1. The summed E-state index contributed by atoms with van der Waals surface area (Å²) in [5, 5.41) is 0. The number of carbonyl (C=O) groups excluding carboxylic acids is 1. The van der Waals surface area contributed by atoms with Crippen molar-refractivity contribution in [3.8, 4) is 0 Å². The number of Topliss-reactive ketones (excluding diaryl/α,β-unsaturated/α-hetero) is 1. The minimum atomic E-state index is 0.0616. The highest BCUT2D eigenvalue weighted by Crippen LogP contribution is 2.17. The van der Waals surface area contributed by atoms with Crippen LogP contribution in [0.4, 0.5) is 0 Å². The monoisotopic (exact) mass is 192 g/mol. The molecule has 0 atom stereocenters. The molecule has 0 amide bonds. The molecule has 0 aromatic heterocycles. The SMILES string of the molecule is CC(=O)c1c(C)cc(CN)cc1CN. The molecule has 3 nitrogen and oxygen atoms in total. The summed E-state index contributed by atoms with van der Waals surface area (Å²) in [6.45, 7) is 4.33. The molecule has 1 aromatic rings. The molecule has 0 fully saturated rings. The summed E-state index contributed by atoms with van der Waals surface area (Å²) in [5.41, 5.74) is 14.7. The maximum atomic E-state index is 11.4. The van der Waals surface area contributed by atoms with Crippen LogP contribution in [0.25, 0.3) is 0 Å². The van der Waals surface area contributed by atoms with Crippen molar-refractivity contribution in [1.29, 1.82) is 0 Å². The molecule has 0 spiro atoms. The number of rotatable bonds is 3. The second-order valence-electron chi connectivity index (χ2n) is 3.41. The Labute approximate surface area is 84.1 Å². The lowest BCUT2D eigenvalue weighted by atomic mass is 9.96. The van der Waals surface area contributed by atoms with E-state index < -0.39 is 0 Å². The fourth-order valence-electron chi connectivity index (χ4n) is 1.72. The summed E-state index contributed by atoms with van der Waals surface area (Å²) >= 11 is 0. The van der Waals surface area contributed by atoms with Crippen LogP contribution in [0.3, 0.4) is 0 Å². The van der Waals surface area contributed by atoms with E-state index in [0.717, 1.165) is 22.3 Å². The highest BCUT2D eigenvalue weighted by molar-refractivity contribution is 5.97. The molecule has 0 bridgehead atoms. The van der Waals surface area contributed by atoms with Crippen LogP contribution in [0.2, 0.25) is 0 Å². The predicted octanol–water partition coefficient (Wildman–Crippen LogP) is 1.12. The average Bonchev–Trinajstić information content (AvgIpc) is 2.15. The van der Waals surface area contributed by atoms with Gasteiger partial charge in [-0.2, -0.15) is 0 Å². The molecule has 0 aliphatic rings. The van der Waals surface area contributed by atoms with Gasteiger partial charge in [0.2, 0.25) is 0 Å². The van der Waals surface area contributed by atoms with E-state index >= 15 is 0 Å². The van der Waals surface area contributed by atoms with Gasteiger partial charge in [-0.25, -0.2) is 0 Å². The highest BCUT2D eigenvalue weighted by Gasteiger charge is 2.10. The predicted molar refractivity (Wildman–Crippen MR) is 57.0 cm³/mol. The first-order valence-electron chi connectivity index (χ1n) is 4.63. The minimum Gasteiger partial charge on any atom is -0.326 e. The smallest absolute Gasteiger partial charge is 0.160 e. The molecule has 0 saturated heterocycles. The molecule has 0 unspecified atom stereocenters. The lowest BCUT2D eigenvalue weighted by Gasteiger charge is -2.10. The first-order chi connectivity index (χ1) is 6.60. The molecule has 0 saturated carbocycles. The van der Waals surface area contributed by atoms with E-state index in [0.29, 0.717) is 13.1 Å². The summed E-state index contributed by atoms with van der Waals surface area (Å²) in [6, 6.07) is 3.85. The summed E-state index contributed by atoms with van der Waals surface area (Å²) in [4.78, 5) is 11.4. The Morgan fingerprint density at radius 3 is 2.36 bits per heavy atom. The van der Waals surface area contributed by atoms with Crippen molar-refractivity contribution in [3.63, 3.8) is 0 Å². The van der Waals surface area contributed by atoms with E-state index in [1.54, 1.807) is 6.92 Å². The first kappa shape index (κ1) is 10.9. The van der Waals surface area contributed by atoms with E-state index in [2.05, 4.69) is 0 Å². The van der Waals surface area contributed by atoms with Crippen LogP contribution < -0.4 is 11.5 Å². The molecule has 76 valence electrons. The first-order valence-corrected chi connectivity index (χ1v) is 4.63. The number of hydrogen-bond donors (Lipinski definition) is 2. The maximum Gasteiger partial charge on any atom is 0.160 e. The van der Waals surface area contributed by atoms with Gasteiger partial charge in [-0.1, -0.05) is 12.1 Å². The van der Waals surface area contributed by atoms with Gasteiger partial charge in [0, 0.05) is 18.7 Å². The van der Waals surface area contributed by atoms with Gasteiger partial charge in [-0.15, -0.1) is 0 Å². The molecular formula is C11H16N2O. The number of hydrogen-bond acceptors (Lipinski definition) is 3. The molecule has 0 aliphatic heterocycles. The zero-order chi connectivity index (χ0) is 10.7. The lowest BCUT2D eigenvalue weighted by Crippen LogP contribution is -2.09. The molecule has 0 radical (unpaired) electrons. The third-order valence-corrected chi connectivity index (χ3v) is 2.28. The summed E-state index contributed by atoms with van der Waals surface area (Å²) in [6.07, 6.45) is 0. The summed E-state index contributed by atoms with van der Waals surface area (Å²) in [5.74, 6) is 0.0616. The average molecular weight is 192 g/mol.